The number of thiocarbonyl (C=S) groups is 1. The number of benzene rings is 1. The molecule has 26 heavy (non-hydrogen) atoms. The molecular formula is C18H19N3O4S. The van der Waals surface area contributed by atoms with E-state index in [1.165, 1.54) is 18.4 Å². The second kappa shape index (κ2) is 10.00. The number of nitrogens with one attached hydrogen (secondary N) is 3. The SMILES string of the molecule is CCCOc1ccccc1C(=O)NNC(=S)NC(=O)C=Cc1ccco1. The molecule has 0 unspecified atom stereocenters. The lowest BCUT2D eigenvalue weighted by atomic mass is 10.2. The van der Waals surface area contributed by atoms with Crippen LogP contribution in [-0.2, 0) is 4.79 Å². The number of para-hydroxylation sites is 1. The van der Waals surface area contributed by atoms with E-state index in [0.717, 1.165) is 6.42 Å². The number of furan rings is 1. The third kappa shape index (κ3) is 6.06. The van der Waals surface area contributed by atoms with Crippen LogP contribution in [0.5, 0.6) is 5.75 Å². The van der Waals surface area contributed by atoms with Crippen molar-refractivity contribution in [2.45, 2.75) is 13.3 Å². The minimum atomic E-state index is -0.458. The van der Waals surface area contributed by atoms with E-state index in [-0.39, 0.29) is 5.11 Å². The Morgan fingerprint density at radius 2 is 2.00 bits per heavy atom. The molecule has 0 aliphatic heterocycles. The molecule has 0 saturated heterocycles. The molecule has 136 valence electrons. The highest BCUT2D eigenvalue weighted by Gasteiger charge is 2.12. The average molecular weight is 373 g/mol. The predicted molar refractivity (Wildman–Crippen MR) is 101 cm³/mol. The summed E-state index contributed by atoms with van der Waals surface area (Å²) in [6, 6.07) is 10.3. The second-order valence-electron chi connectivity index (χ2n) is 5.09. The van der Waals surface area contributed by atoms with Crippen LogP contribution >= 0.6 is 12.2 Å². The van der Waals surface area contributed by atoms with Gasteiger partial charge in [-0.2, -0.15) is 0 Å². The highest BCUT2D eigenvalue weighted by Crippen LogP contribution is 2.17. The lowest BCUT2D eigenvalue weighted by molar-refractivity contribution is -0.115. The van der Waals surface area contributed by atoms with Gasteiger partial charge in [0.15, 0.2) is 5.11 Å². The molecule has 0 fully saturated rings. The highest BCUT2D eigenvalue weighted by molar-refractivity contribution is 7.80. The fourth-order valence-corrected chi connectivity index (χ4v) is 2.05. The zero-order chi connectivity index (χ0) is 18.8. The minimum absolute atomic E-state index is 0.0422. The molecular weight excluding hydrogens is 354 g/mol. The Morgan fingerprint density at radius 3 is 2.73 bits per heavy atom. The summed E-state index contributed by atoms with van der Waals surface area (Å²) in [6.45, 7) is 2.49. The number of ether oxygens (including phenoxy) is 1. The first kappa shape index (κ1) is 19.2. The van der Waals surface area contributed by atoms with Crippen molar-refractivity contribution in [3.05, 3.63) is 60.1 Å². The average Bonchev–Trinajstić information content (AvgIpc) is 3.16. The van der Waals surface area contributed by atoms with Crippen molar-refractivity contribution in [2.75, 3.05) is 6.61 Å². The molecule has 0 bridgehead atoms. The van der Waals surface area contributed by atoms with Gasteiger partial charge in [-0.3, -0.25) is 25.8 Å². The number of amides is 2. The minimum Gasteiger partial charge on any atom is -0.493 e. The fourth-order valence-electron chi connectivity index (χ4n) is 1.90. The van der Waals surface area contributed by atoms with Gasteiger partial charge < -0.3 is 9.15 Å². The Morgan fingerprint density at radius 1 is 1.19 bits per heavy atom. The van der Waals surface area contributed by atoms with Crippen molar-refractivity contribution in [1.82, 2.24) is 16.2 Å². The van der Waals surface area contributed by atoms with E-state index in [9.17, 15) is 9.59 Å². The van der Waals surface area contributed by atoms with Gasteiger partial charge in [-0.25, -0.2) is 0 Å². The first-order valence-electron chi connectivity index (χ1n) is 7.95. The van der Waals surface area contributed by atoms with Crippen LogP contribution in [0.15, 0.2) is 53.2 Å². The van der Waals surface area contributed by atoms with Crippen LogP contribution in [0.4, 0.5) is 0 Å². The maximum atomic E-state index is 12.2. The van der Waals surface area contributed by atoms with Crippen LogP contribution in [0, 0.1) is 0 Å². The Bertz CT molecular complexity index is 787. The summed E-state index contributed by atoms with van der Waals surface area (Å²) < 4.78 is 10.6. The molecule has 7 nitrogen and oxygen atoms in total. The summed E-state index contributed by atoms with van der Waals surface area (Å²) in [4.78, 5) is 24.0. The highest BCUT2D eigenvalue weighted by atomic mass is 32.1. The Balaban J connectivity index is 1.83. The summed E-state index contributed by atoms with van der Waals surface area (Å²) in [7, 11) is 0. The van der Waals surface area contributed by atoms with Crippen LogP contribution in [0.3, 0.4) is 0 Å². The quantitative estimate of drug-likeness (QED) is 0.409. The van der Waals surface area contributed by atoms with Crippen molar-refractivity contribution in [3.8, 4) is 5.75 Å². The van der Waals surface area contributed by atoms with Crippen molar-refractivity contribution in [1.29, 1.82) is 0 Å². The van der Waals surface area contributed by atoms with E-state index in [4.69, 9.17) is 21.4 Å². The topological polar surface area (TPSA) is 92.6 Å². The maximum absolute atomic E-state index is 12.2. The molecule has 3 N–H and O–H groups in total. The van der Waals surface area contributed by atoms with Gasteiger partial charge in [0.2, 0.25) is 5.91 Å². The smallest absolute Gasteiger partial charge is 0.273 e. The largest absolute Gasteiger partial charge is 0.493 e. The van der Waals surface area contributed by atoms with Gasteiger partial charge >= 0.3 is 0 Å². The summed E-state index contributed by atoms with van der Waals surface area (Å²) in [5.41, 5.74) is 5.26. The Kier molecular flexibility index (Phi) is 7.38. The number of hydrazine groups is 1. The molecule has 2 aromatic rings. The molecule has 8 heteroatoms. The monoisotopic (exact) mass is 373 g/mol. The number of hydrogen-bond donors (Lipinski definition) is 3. The molecule has 0 radical (unpaired) electrons. The number of rotatable bonds is 6. The van der Waals surface area contributed by atoms with Gasteiger partial charge in [0.25, 0.3) is 5.91 Å². The standard InChI is InChI=1S/C18H19N3O4S/c1-2-11-25-15-8-4-3-7-14(15)17(23)20-21-18(26)19-16(22)10-9-13-6-5-12-24-13/h3-10,12H,2,11H2,1H3,(H,20,23)(H2,19,21,22,26). The fraction of sp³-hybridized carbons (Fsp3) is 0.167. The van der Waals surface area contributed by atoms with Crippen molar-refractivity contribution in [2.24, 2.45) is 0 Å². The number of hydrogen-bond acceptors (Lipinski definition) is 5. The van der Waals surface area contributed by atoms with Crippen molar-refractivity contribution in [3.63, 3.8) is 0 Å². The molecule has 0 spiro atoms. The number of carbonyl (C=O) groups is 2. The Hall–Kier alpha value is -3.13. The van der Waals surface area contributed by atoms with Crippen molar-refractivity contribution < 1.29 is 18.7 Å². The molecule has 1 aromatic heterocycles. The summed E-state index contributed by atoms with van der Waals surface area (Å²) in [5, 5.41) is 2.36. The second-order valence-corrected chi connectivity index (χ2v) is 5.50. The van der Waals surface area contributed by atoms with Crippen LogP contribution < -0.4 is 20.9 Å². The molecule has 0 aliphatic rings. The summed E-state index contributed by atoms with van der Waals surface area (Å²) in [6.07, 6.45) is 5.09. The third-order valence-electron chi connectivity index (χ3n) is 3.06. The van der Waals surface area contributed by atoms with Crippen LogP contribution in [0.2, 0.25) is 0 Å². The van der Waals surface area contributed by atoms with Gasteiger partial charge in [0.05, 0.1) is 18.4 Å². The lowest BCUT2D eigenvalue weighted by Gasteiger charge is -2.12. The molecule has 2 amide bonds. The maximum Gasteiger partial charge on any atom is 0.273 e. The zero-order valence-corrected chi connectivity index (χ0v) is 15.0. The zero-order valence-electron chi connectivity index (χ0n) is 14.2. The van der Waals surface area contributed by atoms with E-state index < -0.39 is 11.8 Å². The van der Waals surface area contributed by atoms with Gasteiger partial charge in [-0.1, -0.05) is 19.1 Å². The van der Waals surface area contributed by atoms with Gasteiger partial charge in [0.1, 0.15) is 11.5 Å². The normalized spacial score (nSPS) is 10.3. The van der Waals surface area contributed by atoms with Gasteiger partial charge in [-0.15, -0.1) is 0 Å². The lowest BCUT2D eigenvalue weighted by Crippen LogP contribution is -2.48. The first-order valence-corrected chi connectivity index (χ1v) is 8.35. The van der Waals surface area contributed by atoms with Gasteiger partial charge in [-0.05, 0) is 49.0 Å². The number of carbonyl (C=O) groups excluding carboxylic acids is 2. The molecule has 2 rings (SSSR count). The molecule has 1 aromatic carbocycles. The molecule has 0 aliphatic carbocycles. The van der Waals surface area contributed by atoms with E-state index in [1.54, 1.807) is 36.4 Å². The van der Waals surface area contributed by atoms with E-state index in [2.05, 4.69) is 16.2 Å². The van der Waals surface area contributed by atoms with E-state index in [1.807, 2.05) is 6.92 Å². The van der Waals surface area contributed by atoms with E-state index in [0.29, 0.717) is 23.7 Å². The van der Waals surface area contributed by atoms with Crippen LogP contribution in [0.1, 0.15) is 29.5 Å². The third-order valence-corrected chi connectivity index (χ3v) is 3.27. The molecule has 1 heterocycles. The first-order chi connectivity index (χ1) is 12.6. The van der Waals surface area contributed by atoms with Crippen molar-refractivity contribution >= 4 is 35.2 Å². The van der Waals surface area contributed by atoms with E-state index >= 15 is 0 Å². The molecule has 0 atom stereocenters. The van der Waals surface area contributed by atoms with Crippen LogP contribution in [0.25, 0.3) is 6.08 Å². The molecule has 0 saturated carbocycles. The van der Waals surface area contributed by atoms with Crippen LogP contribution in [-0.4, -0.2) is 23.5 Å². The Labute approximate surface area is 156 Å². The van der Waals surface area contributed by atoms with Gasteiger partial charge in [0, 0.05) is 6.08 Å². The predicted octanol–water partition coefficient (Wildman–Crippen LogP) is 2.42. The summed E-state index contributed by atoms with van der Waals surface area (Å²) >= 11 is 4.97. The summed E-state index contributed by atoms with van der Waals surface area (Å²) in [5.74, 6) is 0.125.